The molecule has 0 fully saturated rings. The number of nitrogens with zero attached hydrogens (tertiary/aromatic N) is 1. The first kappa shape index (κ1) is 20.9. The maximum absolute atomic E-state index is 11.4. The van der Waals surface area contributed by atoms with E-state index in [9.17, 15) is 8.42 Å². The average Bonchev–Trinajstić information content (AvgIpc) is 3.36. The summed E-state index contributed by atoms with van der Waals surface area (Å²) in [6.07, 6.45) is 2.59. The van der Waals surface area contributed by atoms with E-state index in [1.54, 1.807) is 31.6 Å². The first-order chi connectivity index (χ1) is 13.9. The van der Waals surface area contributed by atoms with Crippen LogP contribution in [0.25, 0.3) is 11.7 Å². The van der Waals surface area contributed by atoms with Crippen LogP contribution in [0.1, 0.15) is 23.4 Å². The molecule has 2 aromatic heterocycles. The molecule has 0 saturated carbocycles. The molecule has 0 aliphatic carbocycles. The molecular weight excluding hydrogens is 398 g/mol. The van der Waals surface area contributed by atoms with Gasteiger partial charge in [-0.1, -0.05) is 6.07 Å². The number of hydrogen-bond acceptors (Lipinski definition) is 8. The van der Waals surface area contributed by atoms with Gasteiger partial charge in [-0.15, -0.1) is 0 Å². The Kier molecular flexibility index (Phi) is 6.60. The maximum atomic E-state index is 11.4. The Hall–Kier alpha value is -2.78. The SMILES string of the molecule is COc1cc(CCCS(=O)(=O)OC)ccc1OCc1nc(-c2ccco2)oc1C. The van der Waals surface area contributed by atoms with Crippen LogP contribution in [0.15, 0.2) is 45.4 Å². The summed E-state index contributed by atoms with van der Waals surface area (Å²) in [5.41, 5.74) is 1.60. The molecule has 0 radical (unpaired) electrons. The quantitative estimate of drug-likeness (QED) is 0.456. The smallest absolute Gasteiger partial charge is 0.267 e. The summed E-state index contributed by atoms with van der Waals surface area (Å²) in [7, 11) is -0.731. The minimum Gasteiger partial charge on any atom is -0.493 e. The highest BCUT2D eigenvalue weighted by Crippen LogP contribution is 2.30. The van der Waals surface area contributed by atoms with E-state index in [2.05, 4.69) is 9.17 Å². The molecule has 3 rings (SSSR count). The van der Waals surface area contributed by atoms with Crippen LogP contribution in [0, 0.1) is 6.92 Å². The highest BCUT2D eigenvalue weighted by molar-refractivity contribution is 7.86. The molecular formula is C20H23NO7S. The molecule has 0 bridgehead atoms. The van der Waals surface area contributed by atoms with E-state index in [4.69, 9.17) is 18.3 Å². The van der Waals surface area contributed by atoms with Gasteiger partial charge in [0, 0.05) is 0 Å². The van der Waals surface area contributed by atoms with Crippen LogP contribution in [0.2, 0.25) is 0 Å². The zero-order valence-electron chi connectivity index (χ0n) is 16.5. The highest BCUT2D eigenvalue weighted by atomic mass is 32.2. The zero-order chi connectivity index (χ0) is 20.9. The topological polar surface area (TPSA) is 101 Å². The van der Waals surface area contributed by atoms with Crippen LogP contribution in [0.4, 0.5) is 0 Å². The van der Waals surface area contributed by atoms with Crippen molar-refractivity contribution in [2.75, 3.05) is 20.0 Å². The second kappa shape index (κ2) is 9.15. The number of ether oxygens (including phenoxy) is 2. The van der Waals surface area contributed by atoms with Crippen molar-refractivity contribution < 1.29 is 30.9 Å². The Morgan fingerprint density at radius 3 is 2.66 bits per heavy atom. The van der Waals surface area contributed by atoms with Crippen molar-refractivity contribution >= 4 is 10.1 Å². The van der Waals surface area contributed by atoms with E-state index >= 15 is 0 Å². The van der Waals surface area contributed by atoms with E-state index in [-0.39, 0.29) is 12.4 Å². The molecule has 29 heavy (non-hydrogen) atoms. The zero-order valence-corrected chi connectivity index (χ0v) is 17.3. The van der Waals surface area contributed by atoms with Gasteiger partial charge in [0.05, 0.1) is 26.2 Å². The Labute approximate surface area is 169 Å². The summed E-state index contributed by atoms with van der Waals surface area (Å²) in [6.45, 7) is 2.02. The number of rotatable bonds is 10. The number of benzene rings is 1. The molecule has 3 aromatic rings. The Morgan fingerprint density at radius 2 is 1.97 bits per heavy atom. The third-order valence-corrected chi connectivity index (χ3v) is 5.63. The van der Waals surface area contributed by atoms with E-state index in [1.165, 1.54) is 7.11 Å². The normalized spacial score (nSPS) is 11.6. The van der Waals surface area contributed by atoms with E-state index in [1.807, 2.05) is 19.1 Å². The Morgan fingerprint density at radius 1 is 1.14 bits per heavy atom. The van der Waals surface area contributed by atoms with Crippen LogP contribution in [0.3, 0.4) is 0 Å². The molecule has 0 amide bonds. The van der Waals surface area contributed by atoms with Gasteiger partial charge in [0.15, 0.2) is 17.3 Å². The van der Waals surface area contributed by atoms with Crippen molar-refractivity contribution in [2.24, 2.45) is 0 Å². The Balaban J connectivity index is 1.64. The van der Waals surface area contributed by atoms with Crippen molar-refractivity contribution in [2.45, 2.75) is 26.4 Å². The van der Waals surface area contributed by atoms with Crippen LogP contribution >= 0.6 is 0 Å². The average molecular weight is 421 g/mol. The molecule has 0 spiro atoms. The fourth-order valence-electron chi connectivity index (χ4n) is 2.74. The van der Waals surface area contributed by atoms with E-state index in [0.717, 1.165) is 5.56 Å². The number of hydrogen-bond donors (Lipinski definition) is 0. The lowest BCUT2D eigenvalue weighted by molar-refractivity contribution is 0.279. The van der Waals surface area contributed by atoms with Gasteiger partial charge in [-0.2, -0.15) is 8.42 Å². The summed E-state index contributed by atoms with van der Waals surface area (Å²) in [4.78, 5) is 4.42. The van der Waals surface area contributed by atoms with Gasteiger partial charge in [-0.3, -0.25) is 4.18 Å². The van der Waals surface area contributed by atoms with Crippen LogP contribution < -0.4 is 9.47 Å². The predicted molar refractivity (Wildman–Crippen MR) is 105 cm³/mol. The van der Waals surface area contributed by atoms with Crippen LogP contribution in [-0.2, 0) is 27.3 Å². The van der Waals surface area contributed by atoms with Crippen LogP contribution in [-0.4, -0.2) is 33.4 Å². The van der Waals surface area contributed by atoms with Crippen molar-refractivity contribution in [1.29, 1.82) is 0 Å². The molecule has 156 valence electrons. The minimum absolute atomic E-state index is 0.0342. The van der Waals surface area contributed by atoms with Crippen molar-refractivity contribution in [1.82, 2.24) is 4.98 Å². The summed E-state index contributed by atoms with van der Waals surface area (Å²) in [5.74, 6) is 2.68. The molecule has 0 atom stereocenters. The largest absolute Gasteiger partial charge is 0.493 e. The van der Waals surface area contributed by atoms with E-state index in [0.29, 0.717) is 47.4 Å². The van der Waals surface area contributed by atoms with Crippen molar-refractivity contribution in [3.05, 3.63) is 53.6 Å². The van der Waals surface area contributed by atoms with Gasteiger partial charge >= 0.3 is 0 Å². The third-order valence-electron chi connectivity index (χ3n) is 4.33. The number of furan rings is 1. The van der Waals surface area contributed by atoms with Gasteiger partial charge < -0.3 is 18.3 Å². The Bertz CT molecular complexity index is 1040. The second-order valence-electron chi connectivity index (χ2n) is 6.31. The van der Waals surface area contributed by atoms with Crippen molar-refractivity contribution in [3.63, 3.8) is 0 Å². The van der Waals surface area contributed by atoms with Gasteiger partial charge in [-0.25, -0.2) is 4.98 Å². The summed E-state index contributed by atoms with van der Waals surface area (Å²) in [6, 6.07) is 9.04. The number of oxazole rings is 1. The van der Waals surface area contributed by atoms with Crippen LogP contribution in [0.5, 0.6) is 11.5 Å². The summed E-state index contributed by atoms with van der Waals surface area (Å²) in [5, 5.41) is 0. The fraction of sp³-hybridized carbons (Fsp3) is 0.350. The van der Waals surface area contributed by atoms with Gasteiger partial charge in [0.2, 0.25) is 0 Å². The molecule has 2 heterocycles. The van der Waals surface area contributed by atoms with Gasteiger partial charge in [-0.05, 0) is 49.6 Å². The van der Waals surface area contributed by atoms with Gasteiger partial charge in [0.1, 0.15) is 18.1 Å². The first-order valence-corrected chi connectivity index (χ1v) is 10.6. The molecule has 0 N–H and O–H groups in total. The number of methoxy groups -OCH3 is 1. The fourth-order valence-corrected chi connectivity index (χ4v) is 3.40. The first-order valence-electron chi connectivity index (χ1n) is 9.00. The summed E-state index contributed by atoms with van der Waals surface area (Å²) >= 11 is 0. The third kappa shape index (κ3) is 5.39. The highest BCUT2D eigenvalue weighted by Gasteiger charge is 2.15. The lowest BCUT2D eigenvalue weighted by Crippen LogP contribution is -2.08. The predicted octanol–water partition coefficient (Wildman–Crippen LogP) is 3.74. The molecule has 0 saturated heterocycles. The molecule has 8 nitrogen and oxygen atoms in total. The minimum atomic E-state index is -3.45. The van der Waals surface area contributed by atoms with Crippen molar-refractivity contribution in [3.8, 4) is 23.1 Å². The lowest BCUT2D eigenvalue weighted by Gasteiger charge is -2.11. The van der Waals surface area contributed by atoms with Gasteiger partial charge in [0.25, 0.3) is 16.0 Å². The molecule has 0 aliphatic rings. The molecule has 0 unspecified atom stereocenters. The monoisotopic (exact) mass is 421 g/mol. The molecule has 0 aliphatic heterocycles. The summed E-state index contributed by atoms with van der Waals surface area (Å²) < 4.78 is 49.5. The number of aromatic nitrogens is 1. The van der Waals surface area contributed by atoms with E-state index < -0.39 is 10.1 Å². The maximum Gasteiger partial charge on any atom is 0.267 e. The molecule has 9 heteroatoms. The molecule has 1 aromatic carbocycles. The number of aryl methyl sites for hydroxylation is 2. The lowest BCUT2D eigenvalue weighted by atomic mass is 10.1. The standard InChI is InChI=1S/C20H23NO7S/c1-14-16(21-20(28-14)18-7-4-10-26-18)13-27-17-9-8-15(12-19(17)24-2)6-5-11-29(22,23)25-3/h4,7-10,12H,5-6,11,13H2,1-3H3. The second-order valence-corrected chi connectivity index (χ2v) is 8.16.